The van der Waals surface area contributed by atoms with E-state index in [1.54, 1.807) is 12.1 Å². The van der Waals surface area contributed by atoms with Crippen LogP contribution < -0.4 is 0 Å². The Morgan fingerprint density at radius 3 is 1.91 bits per heavy atom. The fourth-order valence-electron chi connectivity index (χ4n) is 1.74. The van der Waals surface area contributed by atoms with Crippen molar-refractivity contribution in [2.24, 2.45) is 0 Å². The molecule has 10 heteroatoms. The molecule has 0 aliphatic rings. The van der Waals surface area contributed by atoms with Gasteiger partial charge in [-0.3, -0.25) is 30.3 Å². The third-order valence-corrected chi connectivity index (χ3v) is 2.68. The molecular weight excluding hydrogens is 298 g/mol. The van der Waals surface area contributed by atoms with Crippen LogP contribution in [0.2, 0.25) is 0 Å². The number of non-ortho nitro benzene ring substituents is 1. The normalized spacial score (nSPS) is 10.7. The van der Waals surface area contributed by atoms with Gasteiger partial charge in [-0.25, -0.2) is 0 Å². The summed E-state index contributed by atoms with van der Waals surface area (Å²) in [5.41, 5.74) is -2.54. The van der Waals surface area contributed by atoms with Crippen LogP contribution in [0.4, 0.5) is 17.1 Å². The van der Waals surface area contributed by atoms with Crippen LogP contribution in [0, 0.1) is 30.3 Å². The van der Waals surface area contributed by atoms with Gasteiger partial charge in [-0.2, -0.15) is 0 Å². The summed E-state index contributed by atoms with van der Waals surface area (Å²) in [4.78, 5) is 30.0. The second-order valence-corrected chi connectivity index (χ2v) is 4.02. The van der Waals surface area contributed by atoms with Crippen molar-refractivity contribution in [3.05, 3.63) is 72.2 Å². The molecule has 0 unspecified atom stereocenters. The Labute approximate surface area is 121 Å². The first-order valence-corrected chi connectivity index (χ1v) is 5.73. The van der Waals surface area contributed by atoms with Gasteiger partial charge in [0.25, 0.3) is 17.1 Å². The third-order valence-electron chi connectivity index (χ3n) is 2.68. The van der Waals surface area contributed by atoms with Gasteiger partial charge >= 0.3 is 0 Å². The SMILES string of the molecule is O=[N+]([O-])c1cc([N+](=O)[O-])c(C=Cc2ccco2)c([N+](=O)[O-])c1. The van der Waals surface area contributed by atoms with Crippen LogP contribution in [-0.2, 0) is 0 Å². The van der Waals surface area contributed by atoms with Crippen molar-refractivity contribution in [3.63, 3.8) is 0 Å². The molecule has 0 radical (unpaired) electrons. The summed E-state index contributed by atoms with van der Waals surface area (Å²) in [5, 5.41) is 32.8. The number of benzene rings is 1. The van der Waals surface area contributed by atoms with Gasteiger partial charge in [0.1, 0.15) is 11.3 Å². The van der Waals surface area contributed by atoms with Crippen molar-refractivity contribution in [2.75, 3.05) is 0 Å². The number of hydrogen-bond donors (Lipinski definition) is 0. The minimum atomic E-state index is -0.931. The Morgan fingerprint density at radius 2 is 1.50 bits per heavy atom. The first-order chi connectivity index (χ1) is 10.4. The summed E-state index contributed by atoms with van der Waals surface area (Å²) in [6, 6.07) is 4.46. The second kappa shape index (κ2) is 5.83. The average Bonchev–Trinajstić information content (AvgIpc) is 2.96. The molecule has 0 fully saturated rings. The van der Waals surface area contributed by atoms with Gasteiger partial charge in [0, 0.05) is 0 Å². The molecule has 0 saturated heterocycles. The smallest absolute Gasteiger partial charge is 0.290 e. The molecule has 0 spiro atoms. The monoisotopic (exact) mass is 305 g/mol. The van der Waals surface area contributed by atoms with Crippen molar-refractivity contribution < 1.29 is 19.2 Å². The Kier molecular flexibility index (Phi) is 3.93. The zero-order valence-corrected chi connectivity index (χ0v) is 10.7. The fourth-order valence-corrected chi connectivity index (χ4v) is 1.74. The number of furan rings is 1. The maximum Gasteiger partial charge on any atom is 0.290 e. The molecule has 0 N–H and O–H groups in total. The molecular formula is C12H7N3O7. The lowest BCUT2D eigenvalue weighted by Gasteiger charge is -2.00. The molecule has 0 aliphatic heterocycles. The number of nitro benzene ring substituents is 3. The maximum absolute atomic E-state index is 11.0. The molecule has 1 heterocycles. The Hall–Kier alpha value is -3.56. The van der Waals surface area contributed by atoms with E-state index in [-0.39, 0.29) is 5.56 Å². The molecule has 1 aromatic carbocycles. The van der Waals surface area contributed by atoms with Gasteiger partial charge in [0.05, 0.1) is 33.2 Å². The first-order valence-electron chi connectivity index (χ1n) is 5.73. The zero-order chi connectivity index (χ0) is 16.3. The lowest BCUT2D eigenvalue weighted by Crippen LogP contribution is -2.00. The third kappa shape index (κ3) is 2.95. The average molecular weight is 305 g/mol. The molecule has 0 atom stereocenters. The molecule has 0 bridgehead atoms. The summed E-state index contributed by atoms with van der Waals surface area (Å²) < 4.78 is 4.98. The lowest BCUT2D eigenvalue weighted by molar-refractivity contribution is -0.403. The fraction of sp³-hybridized carbons (Fsp3) is 0. The maximum atomic E-state index is 11.0. The number of rotatable bonds is 5. The van der Waals surface area contributed by atoms with Crippen LogP contribution in [-0.4, -0.2) is 14.8 Å². The van der Waals surface area contributed by atoms with E-state index >= 15 is 0 Å². The molecule has 0 aliphatic carbocycles. The second-order valence-electron chi connectivity index (χ2n) is 4.02. The van der Waals surface area contributed by atoms with Crippen LogP contribution in [0.15, 0.2) is 34.9 Å². The van der Waals surface area contributed by atoms with E-state index in [0.717, 1.165) is 6.08 Å². The predicted octanol–water partition coefficient (Wildman–Crippen LogP) is 3.17. The minimum Gasteiger partial charge on any atom is -0.465 e. The van der Waals surface area contributed by atoms with Crippen LogP contribution in [0.25, 0.3) is 12.2 Å². The van der Waals surface area contributed by atoms with Gasteiger partial charge in [0.15, 0.2) is 0 Å². The quantitative estimate of drug-likeness (QED) is 0.609. The van der Waals surface area contributed by atoms with Crippen molar-refractivity contribution in [3.8, 4) is 0 Å². The molecule has 2 aromatic rings. The molecule has 2 rings (SSSR count). The number of nitrogens with zero attached hydrogens (tertiary/aromatic N) is 3. The highest BCUT2D eigenvalue weighted by molar-refractivity contribution is 5.80. The van der Waals surface area contributed by atoms with Crippen LogP contribution in [0.1, 0.15) is 11.3 Å². The van der Waals surface area contributed by atoms with E-state index in [1.807, 2.05) is 0 Å². The Morgan fingerprint density at radius 1 is 0.909 bits per heavy atom. The summed E-state index contributed by atoms with van der Waals surface area (Å²) in [5.74, 6) is 0.321. The van der Waals surface area contributed by atoms with Crippen molar-refractivity contribution in [1.29, 1.82) is 0 Å². The predicted molar refractivity (Wildman–Crippen MR) is 74.0 cm³/mol. The summed E-state index contributed by atoms with van der Waals surface area (Å²) in [6.45, 7) is 0. The Balaban J connectivity index is 2.65. The van der Waals surface area contributed by atoms with Gasteiger partial charge in [-0.15, -0.1) is 0 Å². The van der Waals surface area contributed by atoms with Crippen LogP contribution >= 0.6 is 0 Å². The summed E-state index contributed by atoms with van der Waals surface area (Å²) >= 11 is 0. The molecule has 1 aromatic heterocycles. The number of nitro groups is 3. The van der Waals surface area contributed by atoms with Crippen molar-refractivity contribution >= 4 is 29.2 Å². The zero-order valence-electron chi connectivity index (χ0n) is 10.7. The van der Waals surface area contributed by atoms with Gasteiger partial charge in [-0.05, 0) is 24.3 Å². The standard InChI is InChI=1S/C12H7N3O7/c16-13(17)8-6-11(14(18)19)10(12(7-8)15(20)21)4-3-9-2-1-5-22-9/h1-7H. The topological polar surface area (TPSA) is 143 Å². The van der Waals surface area contributed by atoms with E-state index < -0.39 is 31.8 Å². The van der Waals surface area contributed by atoms with Gasteiger partial charge in [0.2, 0.25) is 0 Å². The van der Waals surface area contributed by atoms with Crippen molar-refractivity contribution in [2.45, 2.75) is 0 Å². The lowest BCUT2D eigenvalue weighted by atomic mass is 10.1. The highest BCUT2D eigenvalue weighted by atomic mass is 16.6. The first kappa shape index (κ1) is 14.8. The van der Waals surface area contributed by atoms with E-state index in [1.165, 1.54) is 12.3 Å². The number of hydrogen-bond acceptors (Lipinski definition) is 7. The van der Waals surface area contributed by atoms with E-state index in [2.05, 4.69) is 0 Å². The van der Waals surface area contributed by atoms with Gasteiger partial charge in [-0.1, -0.05) is 0 Å². The van der Waals surface area contributed by atoms with E-state index in [0.29, 0.717) is 17.9 Å². The molecule has 0 amide bonds. The highest BCUT2D eigenvalue weighted by Gasteiger charge is 2.28. The van der Waals surface area contributed by atoms with Crippen LogP contribution in [0.3, 0.4) is 0 Å². The largest absolute Gasteiger partial charge is 0.465 e. The van der Waals surface area contributed by atoms with Crippen LogP contribution in [0.5, 0.6) is 0 Å². The summed E-state index contributed by atoms with van der Waals surface area (Å²) in [7, 11) is 0. The molecule has 0 saturated carbocycles. The van der Waals surface area contributed by atoms with Crippen molar-refractivity contribution in [1.82, 2.24) is 0 Å². The molecule has 10 nitrogen and oxygen atoms in total. The summed E-state index contributed by atoms with van der Waals surface area (Å²) in [6.07, 6.45) is 3.76. The Bertz CT molecular complexity index is 745. The minimum absolute atomic E-state index is 0.321. The van der Waals surface area contributed by atoms with E-state index in [9.17, 15) is 30.3 Å². The van der Waals surface area contributed by atoms with E-state index in [4.69, 9.17) is 4.42 Å². The van der Waals surface area contributed by atoms with Gasteiger partial charge < -0.3 is 4.42 Å². The highest BCUT2D eigenvalue weighted by Crippen LogP contribution is 2.35. The molecule has 22 heavy (non-hydrogen) atoms. The molecule has 112 valence electrons.